The van der Waals surface area contributed by atoms with Crippen LogP contribution in [0.1, 0.15) is 179 Å². The topological polar surface area (TPSA) is 175 Å². The van der Waals surface area contributed by atoms with Gasteiger partial charge in [0.15, 0.2) is 0 Å². The number of carbonyl (C=O) groups excluding carboxylic acids is 4. The first-order valence-electron chi connectivity index (χ1n) is 22.2. The monoisotopic (exact) mass is 847 g/mol. The van der Waals surface area contributed by atoms with Crippen LogP contribution in [0.5, 0.6) is 11.5 Å². The molecule has 1 unspecified atom stereocenters. The van der Waals surface area contributed by atoms with E-state index >= 15 is 0 Å². The third-order valence-electron chi connectivity index (χ3n) is 10.2. The molecule has 0 saturated heterocycles. The summed E-state index contributed by atoms with van der Waals surface area (Å²) in [5.74, 6) is -1.56. The predicted molar refractivity (Wildman–Crippen MR) is 243 cm³/mol. The number of aryl methyl sites for hydroxylation is 1. The first kappa shape index (κ1) is 49.5. The summed E-state index contributed by atoms with van der Waals surface area (Å²) in [5.41, 5.74) is 1.95. The summed E-state index contributed by atoms with van der Waals surface area (Å²) in [6, 6.07) is 14.4. The minimum absolute atomic E-state index is 0.0190. The van der Waals surface area contributed by atoms with E-state index in [9.17, 15) is 28.5 Å². The Labute approximate surface area is 360 Å². The van der Waals surface area contributed by atoms with E-state index in [2.05, 4.69) is 39.8 Å². The molecule has 6 N–H and O–H groups in total. The molecule has 3 aromatic carbocycles. The van der Waals surface area contributed by atoms with Gasteiger partial charge in [0.25, 0.3) is 17.7 Å². The summed E-state index contributed by atoms with van der Waals surface area (Å²) in [7, 11) is 0. The quantitative estimate of drug-likeness (QED) is 0.0286. The smallest absolute Gasteiger partial charge is 0.323 e. The van der Waals surface area contributed by atoms with Crippen LogP contribution >= 0.6 is 0 Å². The number of amides is 5. The highest BCUT2D eigenvalue weighted by Crippen LogP contribution is 2.24. The predicted octanol–water partition coefficient (Wildman–Crippen LogP) is 11.0. The van der Waals surface area contributed by atoms with Gasteiger partial charge in [-0.25, -0.2) is 9.52 Å². The van der Waals surface area contributed by atoms with Crippen LogP contribution in [-0.4, -0.2) is 46.2 Å². The van der Waals surface area contributed by atoms with Gasteiger partial charge in [-0.3, -0.25) is 14.4 Å². The van der Waals surface area contributed by atoms with E-state index < -0.39 is 23.2 Å². The SMILES string of the molecule is CCCCCCCCCCCCNC(=O)c1cc(OS(=O)NC(=O)c2ccc(NC(=O)Nc3ccc(C)cc3O)cc2)cc(C(=O)NCCCCCCCCCCCC)c1. The van der Waals surface area contributed by atoms with Crippen molar-refractivity contribution in [2.45, 2.75) is 149 Å². The van der Waals surface area contributed by atoms with Crippen molar-refractivity contribution in [3.63, 3.8) is 0 Å². The molecule has 0 aromatic heterocycles. The second kappa shape index (κ2) is 29.3. The molecule has 0 bridgehead atoms. The Morgan fingerprint density at radius 2 is 1.02 bits per heavy atom. The average Bonchev–Trinajstić information content (AvgIpc) is 3.22. The number of urea groups is 1. The highest BCUT2D eigenvalue weighted by atomic mass is 32.2. The third-order valence-corrected chi connectivity index (χ3v) is 10.9. The Bertz CT molecular complexity index is 1730. The maximum Gasteiger partial charge on any atom is 0.323 e. The van der Waals surface area contributed by atoms with E-state index in [1.807, 2.05) is 6.92 Å². The second-order valence-electron chi connectivity index (χ2n) is 15.5. The van der Waals surface area contributed by atoms with Gasteiger partial charge in [0.05, 0.1) is 5.69 Å². The molecule has 0 saturated carbocycles. The van der Waals surface area contributed by atoms with Crippen molar-refractivity contribution in [1.29, 1.82) is 0 Å². The van der Waals surface area contributed by atoms with Crippen LogP contribution in [0.25, 0.3) is 0 Å². The Hall–Kier alpha value is -4.91. The molecule has 12 nitrogen and oxygen atoms in total. The van der Waals surface area contributed by atoms with E-state index in [0.29, 0.717) is 18.8 Å². The van der Waals surface area contributed by atoms with Crippen molar-refractivity contribution < 1.29 is 32.7 Å². The Morgan fingerprint density at radius 3 is 1.48 bits per heavy atom. The van der Waals surface area contributed by atoms with Crippen molar-refractivity contribution in [2.75, 3.05) is 23.7 Å². The molecule has 0 spiro atoms. The lowest BCUT2D eigenvalue weighted by atomic mass is 10.1. The number of carbonyl (C=O) groups is 4. The number of aromatic hydroxyl groups is 1. The number of nitrogens with one attached hydrogen (secondary N) is 5. The van der Waals surface area contributed by atoms with Crippen LogP contribution in [0, 0.1) is 6.92 Å². The minimum atomic E-state index is -2.38. The molecule has 0 aliphatic carbocycles. The van der Waals surface area contributed by atoms with Gasteiger partial charge in [-0.05, 0) is 79.9 Å². The zero-order chi connectivity index (χ0) is 43.4. The van der Waals surface area contributed by atoms with Gasteiger partial charge in [0.2, 0.25) is 0 Å². The van der Waals surface area contributed by atoms with Crippen molar-refractivity contribution in [3.8, 4) is 11.5 Å². The molecule has 0 aliphatic rings. The molecule has 0 fully saturated rings. The highest BCUT2D eigenvalue weighted by Gasteiger charge is 2.17. The molecule has 330 valence electrons. The highest BCUT2D eigenvalue weighted by molar-refractivity contribution is 7.79. The fraction of sp³-hybridized carbons (Fsp3) is 0.532. The number of rotatable bonds is 30. The van der Waals surface area contributed by atoms with E-state index in [0.717, 1.165) is 44.1 Å². The molecule has 0 aliphatic heterocycles. The summed E-state index contributed by atoms with van der Waals surface area (Å²) in [5, 5.41) is 21.1. The Balaban J connectivity index is 1.54. The maximum absolute atomic E-state index is 13.3. The number of anilines is 2. The number of phenols is 1. The van der Waals surface area contributed by atoms with Crippen LogP contribution in [0.4, 0.5) is 16.2 Å². The molecule has 1 atom stereocenters. The molecular weight excluding hydrogens is 779 g/mol. The van der Waals surface area contributed by atoms with Gasteiger partial charge in [-0.15, -0.1) is 0 Å². The first-order chi connectivity index (χ1) is 29.1. The lowest BCUT2D eigenvalue weighted by Gasteiger charge is -2.12. The second-order valence-corrected chi connectivity index (χ2v) is 16.4. The molecule has 0 heterocycles. The zero-order valence-electron chi connectivity index (χ0n) is 36.1. The number of phenolic OH excluding ortho intramolecular Hbond substituents is 1. The van der Waals surface area contributed by atoms with E-state index in [-0.39, 0.29) is 45.7 Å². The minimum Gasteiger partial charge on any atom is -0.506 e. The zero-order valence-corrected chi connectivity index (χ0v) is 37.0. The van der Waals surface area contributed by atoms with Gasteiger partial charge in [-0.1, -0.05) is 135 Å². The van der Waals surface area contributed by atoms with Crippen LogP contribution in [-0.2, 0) is 11.3 Å². The molecule has 60 heavy (non-hydrogen) atoms. The number of hydrogen-bond donors (Lipinski definition) is 6. The van der Waals surface area contributed by atoms with E-state index in [1.165, 1.54) is 138 Å². The molecule has 5 amide bonds. The normalized spacial score (nSPS) is 11.4. The van der Waals surface area contributed by atoms with Gasteiger partial charge in [-0.2, -0.15) is 4.21 Å². The summed E-state index contributed by atoms with van der Waals surface area (Å²) in [6.45, 7) is 7.23. The number of benzene rings is 3. The lowest BCUT2D eigenvalue weighted by Crippen LogP contribution is -2.29. The van der Waals surface area contributed by atoms with Crippen LogP contribution in [0.15, 0.2) is 60.7 Å². The number of unbranched alkanes of at least 4 members (excludes halogenated alkanes) is 18. The molecular formula is C47H69N5O7S. The lowest BCUT2D eigenvalue weighted by molar-refractivity contribution is 0.0947. The summed E-state index contributed by atoms with van der Waals surface area (Å²) in [6.07, 6.45) is 23.6. The third kappa shape index (κ3) is 20.4. The van der Waals surface area contributed by atoms with Gasteiger partial charge >= 0.3 is 17.3 Å². The largest absolute Gasteiger partial charge is 0.506 e. The van der Waals surface area contributed by atoms with Crippen LogP contribution in [0.3, 0.4) is 0 Å². The Kier molecular flexibility index (Phi) is 24.2. The van der Waals surface area contributed by atoms with E-state index in [4.69, 9.17) is 4.18 Å². The van der Waals surface area contributed by atoms with Crippen molar-refractivity contribution in [3.05, 3.63) is 82.9 Å². The summed E-state index contributed by atoms with van der Waals surface area (Å²) in [4.78, 5) is 51.9. The van der Waals surface area contributed by atoms with Gasteiger partial charge in [0, 0.05) is 35.5 Å². The van der Waals surface area contributed by atoms with Crippen LogP contribution < -0.4 is 30.2 Å². The van der Waals surface area contributed by atoms with E-state index in [1.54, 1.807) is 12.1 Å². The molecule has 3 rings (SSSR count). The first-order valence-corrected chi connectivity index (χ1v) is 23.3. The molecule has 0 radical (unpaired) electrons. The maximum atomic E-state index is 13.3. The fourth-order valence-electron chi connectivity index (χ4n) is 6.72. The standard InChI is InChI=1S/C47H69N5O7S/c1-4-6-8-10-12-14-16-18-20-22-30-48-44(54)38-33-39(45(55)49-31-23-21-19-17-15-13-11-9-7-5-2)35-41(34-38)59-60(58)52-46(56)37-25-27-40(28-26-37)50-47(57)51-42-29-24-36(3)32-43(42)53/h24-29,32-35,53H,4-23,30-31H2,1-3H3,(H,48,54)(H,49,55)(H,52,56)(H2,50,51,57). The van der Waals surface area contributed by atoms with Crippen molar-refractivity contribution in [1.82, 2.24) is 15.4 Å². The summed E-state index contributed by atoms with van der Waals surface area (Å²) >= 11 is -2.38. The Morgan fingerprint density at radius 1 is 0.550 bits per heavy atom. The molecule has 13 heteroatoms. The number of hydrogen-bond acceptors (Lipinski definition) is 7. The van der Waals surface area contributed by atoms with Crippen LogP contribution in [0.2, 0.25) is 0 Å². The average molecular weight is 848 g/mol. The van der Waals surface area contributed by atoms with Crippen molar-refractivity contribution in [2.24, 2.45) is 0 Å². The van der Waals surface area contributed by atoms with Gasteiger partial charge < -0.3 is 30.6 Å². The van der Waals surface area contributed by atoms with Crippen molar-refractivity contribution >= 4 is 46.4 Å². The van der Waals surface area contributed by atoms with Gasteiger partial charge in [0.1, 0.15) is 11.5 Å². The fourth-order valence-corrected chi connectivity index (χ4v) is 7.30. The molecule has 3 aromatic rings. The summed E-state index contributed by atoms with van der Waals surface area (Å²) < 4.78 is 20.9.